The van der Waals surface area contributed by atoms with Gasteiger partial charge in [0.15, 0.2) is 5.54 Å². The Morgan fingerprint density at radius 3 is 2.48 bits per heavy atom. The van der Waals surface area contributed by atoms with Crippen LogP contribution in [0.25, 0.3) is 0 Å². The average Bonchev–Trinajstić information content (AvgIpc) is 2.97. The number of rotatable bonds is 5. The first-order chi connectivity index (χ1) is 11.6. The van der Waals surface area contributed by atoms with Crippen molar-refractivity contribution in [3.8, 4) is 0 Å². The SMILES string of the molecule is CC(=O)Nc1ccc(Cl)c(C(=O)Nc2cnn(C(C)(C)C(=O)O)c2)c1. The smallest absolute Gasteiger partial charge is 0.331 e. The Kier molecular flexibility index (Phi) is 5.13. The number of nitrogens with zero attached hydrogens (tertiary/aromatic N) is 2. The Morgan fingerprint density at radius 1 is 1.20 bits per heavy atom. The Labute approximate surface area is 148 Å². The van der Waals surface area contributed by atoms with Crippen molar-refractivity contribution in [2.45, 2.75) is 26.3 Å². The van der Waals surface area contributed by atoms with Gasteiger partial charge < -0.3 is 15.7 Å². The number of hydrogen-bond acceptors (Lipinski definition) is 4. The first kappa shape index (κ1) is 18.5. The molecule has 8 nitrogen and oxygen atoms in total. The van der Waals surface area contributed by atoms with Crippen LogP contribution in [0.2, 0.25) is 5.02 Å². The topological polar surface area (TPSA) is 113 Å². The minimum Gasteiger partial charge on any atom is -0.479 e. The minimum absolute atomic E-state index is 0.165. The standard InChI is InChI=1S/C16H17ClN4O4/c1-9(22)19-10-4-5-13(17)12(6-10)14(23)20-11-7-18-21(8-11)16(2,3)15(24)25/h4-8H,1-3H3,(H,19,22)(H,20,23)(H,24,25). The van der Waals surface area contributed by atoms with E-state index in [0.29, 0.717) is 11.4 Å². The average molecular weight is 365 g/mol. The largest absolute Gasteiger partial charge is 0.479 e. The Morgan fingerprint density at radius 2 is 1.88 bits per heavy atom. The van der Waals surface area contributed by atoms with E-state index in [-0.39, 0.29) is 16.5 Å². The zero-order valence-corrected chi connectivity index (χ0v) is 14.6. The lowest BCUT2D eigenvalue weighted by Gasteiger charge is -2.19. The fourth-order valence-corrected chi connectivity index (χ4v) is 2.17. The molecule has 0 unspecified atom stereocenters. The van der Waals surface area contributed by atoms with Gasteiger partial charge >= 0.3 is 5.97 Å². The van der Waals surface area contributed by atoms with Crippen LogP contribution in [-0.2, 0) is 15.1 Å². The van der Waals surface area contributed by atoms with Gasteiger partial charge in [-0.05, 0) is 32.0 Å². The summed E-state index contributed by atoms with van der Waals surface area (Å²) < 4.78 is 1.24. The van der Waals surface area contributed by atoms with Crippen LogP contribution in [0.5, 0.6) is 0 Å². The van der Waals surface area contributed by atoms with E-state index in [9.17, 15) is 19.5 Å². The Bertz CT molecular complexity index is 844. The van der Waals surface area contributed by atoms with Gasteiger partial charge in [-0.3, -0.25) is 14.3 Å². The number of carboxylic acids is 1. The first-order valence-electron chi connectivity index (χ1n) is 7.28. The highest BCUT2D eigenvalue weighted by atomic mass is 35.5. The van der Waals surface area contributed by atoms with Crippen LogP contribution in [0.3, 0.4) is 0 Å². The highest BCUT2D eigenvalue weighted by molar-refractivity contribution is 6.34. The van der Waals surface area contributed by atoms with E-state index in [1.807, 2.05) is 0 Å². The van der Waals surface area contributed by atoms with Crippen molar-refractivity contribution in [1.82, 2.24) is 9.78 Å². The molecule has 3 N–H and O–H groups in total. The Balaban J connectivity index is 2.22. The van der Waals surface area contributed by atoms with Crippen LogP contribution in [0.1, 0.15) is 31.1 Å². The predicted octanol–water partition coefficient (Wildman–Crippen LogP) is 2.57. The lowest BCUT2D eigenvalue weighted by Crippen LogP contribution is -2.35. The molecule has 2 rings (SSSR count). The maximum Gasteiger partial charge on any atom is 0.331 e. The van der Waals surface area contributed by atoms with E-state index in [1.54, 1.807) is 6.07 Å². The normalized spacial score (nSPS) is 11.0. The third-order valence-electron chi connectivity index (χ3n) is 3.47. The Hall–Kier alpha value is -2.87. The zero-order chi connectivity index (χ0) is 18.8. The molecular formula is C16H17ClN4O4. The number of carbonyl (C=O) groups is 3. The molecule has 1 aromatic carbocycles. The van der Waals surface area contributed by atoms with Crippen LogP contribution in [0.4, 0.5) is 11.4 Å². The van der Waals surface area contributed by atoms with Crippen LogP contribution < -0.4 is 10.6 Å². The molecular weight excluding hydrogens is 348 g/mol. The molecule has 1 heterocycles. The monoisotopic (exact) mass is 364 g/mol. The van der Waals surface area contributed by atoms with Gasteiger partial charge in [-0.15, -0.1) is 0 Å². The molecule has 0 aliphatic rings. The van der Waals surface area contributed by atoms with Gasteiger partial charge in [0, 0.05) is 18.8 Å². The summed E-state index contributed by atoms with van der Waals surface area (Å²) in [5.74, 6) is -1.84. The molecule has 0 atom stereocenters. The van der Waals surface area contributed by atoms with Crippen molar-refractivity contribution in [3.63, 3.8) is 0 Å². The molecule has 0 spiro atoms. The van der Waals surface area contributed by atoms with E-state index < -0.39 is 17.4 Å². The van der Waals surface area contributed by atoms with Gasteiger partial charge in [-0.25, -0.2) is 4.79 Å². The first-order valence-corrected chi connectivity index (χ1v) is 7.66. The second-order valence-electron chi connectivity index (χ2n) is 5.87. The summed E-state index contributed by atoms with van der Waals surface area (Å²) in [5.41, 5.74) is -0.338. The summed E-state index contributed by atoms with van der Waals surface area (Å²) in [6.45, 7) is 4.33. The van der Waals surface area contributed by atoms with Gasteiger partial charge in [0.05, 0.1) is 22.5 Å². The number of carbonyl (C=O) groups excluding carboxylic acids is 2. The fourth-order valence-electron chi connectivity index (χ4n) is 1.97. The second kappa shape index (κ2) is 6.94. The lowest BCUT2D eigenvalue weighted by atomic mass is 10.1. The third-order valence-corrected chi connectivity index (χ3v) is 3.80. The summed E-state index contributed by atoms with van der Waals surface area (Å²) in [6, 6.07) is 4.53. The number of nitrogens with one attached hydrogen (secondary N) is 2. The van der Waals surface area contributed by atoms with Gasteiger partial charge in [-0.2, -0.15) is 5.10 Å². The number of amides is 2. The van der Waals surface area contributed by atoms with Gasteiger partial charge in [0.25, 0.3) is 5.91 Å². The molecule has 2 aromatic rings. The van der Waals surface area contributed by atoms with E-state index in [1.165, 1.54) is 50.0 Å². The van der Waals surface area contributed by atoms with Gasteiger partial charge in [-0.1, -0.05) is 11.6 Å². The highest BCUT2D eigenvalue weighted by Gasteiger charge is 2.30. The molecule has 132 valence electrons. The number of carboxylic acid groups (broad SMARTS) is 1. The van der Waals surface area contributed by atoms with Crippen molar-refractivity contribution in [2.75, 3.05) is 10.6 Å². The number of benzene rings is 1. The molecule has 25 heavy (non-hydrogen) atoms. The van der Waals surface area contributed by atoms with Crippen LogP contribution in [0, 0.1) is 0 Å². The van der Waals surface area contributed by atoms with Crippen molar-refractivity contribution in [2.24, 2.45) is 0 Å². The maximum absolute atomic E-state index is 12.4. The molecule has 0 aliphatic heterocycles. The van der Waals surface area contributed by atoms with E-state index in [2.05, 4.69) is 15.7 Å². The number of anilines is 2. The molecule has 0 saturated heterocycles. The third kappa shape index (κ3) is 4.16. The van der Waals surface area contributed by atoms with Gasteiger partial charge in [0.1, 0.15) is 0 Å². The summed E-state index contributed by atoms with van der Waals surface area (Å²) in [6.07, 6.45) is 2.76. The number of aliphatic carboxylic acids is 1. The maximum atomic E-state index is 12.4. The van der Waals surface area contributed by atoms with E-state index >= 15 is 0 Å². The molecule has 0 radical (unpaired) electrons. The summed E-state index contributed by atoms with van der Waals surface area (Å²) in [4.78, 5) is 34.8. The number of halogens is 1. The zero-order valence-electron chi connectivity index (χ0n) is 13.8. The summed E-state index contributed by atoms with van der Waals surface area (Å²) in [5, 5.41) is 18.5. The number of hydrogen-bond donors (Lipinski definition) is 3. The van der Waals surface area contributed by atoms with Crippen molar-refractivity contribution in [1.29, 1.82) is 0 Å². The van der Waals surface area contributed by atoms with Crippen LogP contribution >= 0.6 is 11.6 Å². The summed E-state index contributed by atoms with van der Waals surface area (Å²) in [7, 11) is 0. The molecule has 0 saturated carbocycles. The molecule has 0 fully saturated rings. The molecule has 9 heteroatoms. The quantitative estimate of drug-likeness (QED) is 0.754. The van der Waals surface area contributed by atoms with E-state index in [4.69, 9.17) is 11.6 Å². The molecule has 1 aromatic heterocycles. The highest BCUT2D eigenvalue weighted by Crippen LogP contribution is 2.23. The minimum atomic E-state index is -1.26. The van der Waals surface area contributed by atoms with Crippen molar-refractivity contribution in [3.05, 3.63) is 41.2 Å². The molecule has 2 amide bonds. The van der Waals surface area contributed by atoms with Crippen molar-refractivity contribution >= 4 is 40.8 Å². The van der Waals surface area contributed by atoms with E-state index in [0.717, 1.165) is 0 Å². The van der Waals surface area contributed by atoms with Crippen molar-refractivity contribution < 1.29 is 19.5 Å². The van der Waals surface area contributed by atoms with Crippen LogP contribution in [0.15, 0.2) is 30.6 Å². The van der Waals surface area contributed by atoms with Crippen LogP contribution in [-0.4, -0.2) is 32.7 Å². The predicted molar refractivity (Wildman–Crippen MR) is 92.9 cm³/mol. The molecule has 0 aliphatic carbocycles. The van der Waals surface area contributed by atoms with Gasteiger partial charge in [0.2, 0.25) is 5.91 Å². The molecule has 0 bridgehead atoms. The fraction of sp³-hybridized carbons (Fsp3) is 0.250. The lowest BCUT2D eigenvalue weighted by molar-refractivity contribution is -0.146. The second-order valence-corrected chi connectivity index (χ2v) is 6.27. The summed E-state index contributed by atoms with van der Waals surface area (Å²) >= 11 is 6.04. The number of aromatic nitrogens is 2.